The van der Waals surface area contributed by atoms with Crippen molar-refractivity contribution in [3.8, 4) is 0 Å². The average molecular weight is 250 g/mol. The molecule has 1 aliphatic rings. The fourth-order valence-corrected chi connectivity index (χ4v) is 2.12. The molecule has 0 aliphatic heterocycles. The molecule has 0 amide bonds. The number of nitrogens with two attached hydrogens (primary N) is 1. The van der Waals surface area contributed by atoms with Crippen molar-refractivity contribution in [2.75, 3.05) is 0 Å². The highest BCUT2D eigenvalue weighted by Crippen LogP contribution is 2.42. The van der Waals surface area contributed by atoms with Gasteiger partial charge in [0.15, 0.2) is 0 Å². The zero-order valence-corrected chi connectivity index (χ0v) is 9.20. The number of alkyl halides is 3. The lowest BCUT2D eigenvalue weighted by Crippen LogP contribution is -2.43. The van der Waals surface area contributed by atoms with Crippen LogP contribution in [0.4, 0.5) is 13.2 Å². The summed E-state index contributed by atoms with van der Waals surface area (Å²) in [4.78, 5) is 0. The van der Waals surface area contributed by atoms with Gasteiger partial charge in [-0.15, -0.1) is 0 Å². The van der Waals surface area contributed by atoms with Gasteiger partial charge in [-0.2, -0.15) is 13.2 Å². The van der Waals surface area contributed by atoms with E-state index in [1.54, 1.807) is 6.07 Å². The van der Waals surface area contributed by atoms with Crippen LogP contribution in [0.1, 0.15) is 30.4 Å². The Labute approximate surface area is 96.4 Å². The number of rotatable bonds is 1. The highest BCUT2D eigenvalue weighted by Gasteiger charge is 2.38. The lowest BCUT2D eigenvalue weighted by atomic mass is 9.72. The monoisotopic (exact) mass is 249 g/mol. The van der Waals surface area contributed by atoms with Gasteiger partial charge in [0.05, 0.1) is 10.6 Å². The first-order chi connectivity index (χ1) is 7.33. The van der Waals surface area contributed by atoms with Crippen molar-refractivity contribution in [1.29, 1.82) is 0 Å². The van der Waals surface area contributed by atoms with Crippen molar-refractivity contribution in [1.82, 2.24) is 0 Å². The number of benzene rings is 1. The summed E-state index contributed by atoms with van der Waals surface area (Å²) >= 11 is 5.53. The standard InChI is InChI=1S/C11H11ClF3N/c12-9-3-2-7(10(16)4-1-5-10)6-8(9)11(13,14)15/h2-3,6H,1,4-5,16H2. The third-order valence-corrected chi connectivity index (χ3v) is 3.42. The van der Waals surface area contributed by atoms with E-state index in [-0.39, 0.29) is 5.02 Å². The van der Waals surface area contributed by atoms with Crippen molar-refractivity contribution in [2.45, 2.75) is 31.0 Å². The van der Waals surface area contributed by atoms with Crippen molar-refractivity contribution in [2.24, 2.45) is 5.73 Å². The van der Waals surface area contributed by atoms with Crippen molar-refractivity contribution in [3.05, 3.63) is 34.3 Å². The van der Waals surface area contributed by atoms with Crippen LogP contribution in [-0.2, 0) is 11.7 Å². The Morgan fingerprint density at radius 1 is 1.25 bits per heavy atom. The highest BCUT2D eigenvalue weighted by molar-refractivity contribution is 6.31. The Balaban J connectivity index is 2.43. The third-order valence-electron chi connectivity index (χ3n) is 3.09. The second kappa shape index (κ2) is 3.64. The largest absolute Gasteiger partial charge is 0.417 e. The molecule has 0 spiro atoms. The van der Waals surface area contributed by atoms with E-state index in [1.165, 1.54) is 6.07 Å². The molecule has 2 rings (SSSR count). The fraction of sp³-hybridized carbons (Fsp3) is 0.455. The molecule has 0 atom stereocenters. The quantitative estimate of drug-likeness (QED) is 0.807. The minimum absolute atomic E-state index is 0.279. The Morgan fingerprint density at radius 3 is 2.31 bits per heavy atom. The SMILES string of the molecule is NC1(c2ccc(Cl)c(C(F)(F)F)c2)CCC1. The van der Waals surface area contributed by atoms with Gasteiger partial charge in [0.2, 0.25) is 0 Å². The van der Waals surface area contributed by atoms with Gasteiger partial charge in [0.25, 0.3) is 0 Å². The molecule has 0 saturated heterocycles. The zero-order valence-electron chi connectivity index (χ0n) is 8.44. The summed E-state index contributed by atoms with van der Waals surface area (Å²) < 4.78 is 37.8. The van der Waals surface area contributed by atoms with E-state index in [1.807, 2.05) is 0 Å². The minimum Gasteiger partial charge on any atom is -0.321 e. The van der Waals surface area contributed by atoms with Crippen LogP contribution in [0, 0.1) is 0 Å². The van der Waals surface area contributed by atoms with Crippen LogP contribution >= 0.6 is 11.6 Å². The maximum atomic E-state index is 12.6. The molecule has 88 valence electrons. The average Bonchev–Trinajstić information content (AvgIpc) is 2.13. The number of halogens is 4. The first-order valence-electron chi connectivity index (χ1n) is 4.99. The van der Waals surface area contributed by atoms with Gasteiger partial charge in [0.1, 0.15) is 0 Å². The summed E-state index contributed by atoms with van der Waals surface area (Å²) in [5, 5.41) is -0.279. The third kappa shape index (κ3) is 1.92. The van der Waals surface area contributed by atoms with Crippen LogP contribution in [0.3, 0.4) is 0 Å². The highest BCUT2D eigenvalue weighted by atomic mass is 35.5. The van der Waals surface area contributed by atoms with Gasteiger partial charge in [-0.25, -0.2) is 0 Å². The zero-order chi connectivity index (χ0) is 12.0. The minimum atomic E-state index is -4.42. The van der Waals surface area contributed by atoms with Crippen LogP contribution < -0.4 is 5.73 Å². The molecule has 2 N–H and O–H groups in total. The maximum Gasteiger partial charge on any atom is 0.417 e. The fourth-order valence-electron chi connectivity index (χ4n) is 1.90. The normalized spacial score (nSPS) is 19.3. The molecule has 0 unspecified atom stereocenters. The molecule has 0 bridgehead atoms. The van der Waals surface area contributed by atoms with Crippen LogP contribution in [0.2, 0.25) is 5.02 Å². The van der Waals surface area contributed by atoms with Gasteiger partial charge >= 0.3 is 6.18 Å². The van der Waals surface area contributed by atoms with Gasteiger partial charge in [-0.1, -0.05) is 17.7 Å². The van der Waals surface area contributed by atoms with Crippen molar-refractivity contribution >= 4 is 11.6 Å². The second-order valence-electron chi connectivity index (χ2n) is 4.20. The summed E-state index contributed by atoms with van der Waals surface area (Å²) in [5.41, 5.74) is 5.10. The molecule has 5 heteroatoms. The Hall–Kier alpha value is -0.740. The molecule has 1 aliphatic carbocycles. The van der Waals surface area contributed by atoms with E-state index >= 15 is 0 Å². The van der Waals surface area contributed by atoms with E-state index in [0.717, 1.165) is 25.3 Å². The molecular formula is C11H11ClF3N. The van der Waals surface area contributed by atoms with Crippen molar-refractivity contribution in [3.63, 3.8) is 0 Å². The van der Waals surface area contributed by atoms with Gasteiger partial charge < -0.3 is 5.73 Å². The predicted octanol–water partition coefficient (Wildman–Crippen LogP) is 3.70. The van der Waals surface area contributed by atoms with E-state index < -0.39 is 17.3 Å². The molecule has 0 heterocycles. The van der Waals surface area contributed by atoms with E-state index in [0.29, 0.717) is 5.56 Å². The van der Waals surface area contributed by atoms with Gasteiger partial charge in [-0.3, -0.25) is 0 Å². The molecule has 0 radical (unpaired) electrons. The van der Waals surface area contributed by atoms with Gasteiger partial charge in [0, 0.05) is 5.54 Å². The molecule has 1 saturated carbocycles. The van der Waals surface area contributed by atoms with Crippen LogP contribution in [-0.4, -0.2) is 0 Å². The molecule has 16 heavy (non-hydrogen) atoms. The number of hydrogen-bond acceptors (Lipinski definition) is 1. The summed E-state index contributed by atoms with van der Waals surface area (Å²) in [6.45, 7) is 0. The first-order valence-corrected chi connectivity index (χ1v) is 5.37. The van der Waals surface area contributed by atoms with Crippen molar-refractivity contribution < 1.29 is 13.2 Å². The summed E-state index contributed by atoms with van der Waals surface area (Å²) in [5.74, 6) is 0. The molecular weight excluding hydrogens is 239 g/mol. The Morgan fingerprint density at radius 2 is 1.88 bits per heavy atom. The lowest BCUT2D eigenvalue weighted by molar-refractivity contribution is -0.137. The topological polar surface area (TPSA) is 26.0 Å². The molecule has 0 aromatic heterocycles. The van der Waals surface area contributed by atoms with Crippen LogP contribution in [0.15, 0.2) is 18.2 Å². The summed E-state index contributed by atoms with van der Waals surface area (Å²) in [6.07, 6.45) is -2.01. The molecule has 1 nitrogen and oxygen atoms in total. The lowest BCUT2D eigenvalue weighted by Gasteiger charge is -2.39. The maximum absolute atomic E-state index is 12.6. The predicted molar refractivity (Wildman–Crippen MR) is 56.2 cm³/mol. The van der Waals surface area contributed by atoms with Crippen LogP contribution in [0.25, 0.3) is 0 Å². The summed E-state index contributed by atoms with van der Waals surface area (Å²) in [6, 6.07) is 3.92. The van der Waals surface area contributed by atoms with Crippen LogP contribution in [0.5, 0.6) is 0 Å². The molecule has 1 aromatic carbocycles. The van der Waals surface area contributed by atoms with E-state index in [9.17, 15) is 13.2 Å². The first kappa shape index (κ1) is 11.7. The Kier molecular flexibility index (Phi) is 2.67. The molecule has 1 aromatic rings. The summed E-state index contributed by atoms with van der Waals surface area (Å²) in [7, 11) is 0. The second-order valence-corrected chi connectivity index (χ2v) is 4.61. The van der Waals surface area contributed by atoms with E-state index in [2.05, 4.69) is 0 Å². The smallest absolute Gasteiger partial charge is 0.321 e. The Bertz CT molecular complexity index is 410. The van der Waals surface area contributed by atoms with Gasteiger partial charge in [-0.05, 0) is 37.0 Å². The molecule has 1 fully saturated rings. The number of hydrogen-bond donors (Lipinski definition) is 1. The van der Waals surface area contributed by atoms with E-state index in [4.69, 9.17) is 17.3 Å².